The first-order valence-corrected chi connectivity index (χ1v) is 5.47. The Kier molecular flexibility index (Phi) is 3.10. The van der Waals surface area contributed by atoms with Crippen LogP contribution in [0.4, 0.5) is 0 Å². The molecule has 1 aromatic rings. The van der Waals surface area contributed by atoms with Gasteiger partial charge in [0.1, 0.15) is 5.75 Å². The van der Waals surface area contributed by atoms with E-state index in [1.807, 2.05) is 12.1 Å². The second-order valence-electron chi connectivity index (χ2n) is 4.19. The first-order chi connectivity index (χ1) is 7.65. The number of carbonyl (C=O) groups is 1. The molecular formula is C12H16N2O2. The number of carbonyl (C=O) groups excluding carboxylic acids is 1. The predicted molar refractivity (Wildman–Crippen MR) is 61.1 cm³/mol. The fourth-order valence-electron chi connectivity index (χ4n) is 1.94. The molecule has 86 valence electrons. The monoisotopic (exact) mass is 220 g/mol. The molecule has 4 nitrogen and oxygen atoms in total. The van der Waals surface area contributed by atoms with E-state index < -0.39 is 0 Å². The van der Waals surface area contributed by atoms with Gasteiger partial charge in [-0.05, 0) is 24.6 Å². The van der Waals surface area contributed by atoms with E-state index in [1.165, 1.54) is 0 Å². The van der Waals surface area contributed by atoms with Crippen molar-refractivity contribution in [3.8, 4) is 5.75 Å². The number of phenols is 1. The lowest BCUT2D eigenvalue weighted by atomic mass is 10.1. The summed E-state index contributed by atoms with van der Waals surface area (Å²) in [6.45, 7) is 2.75. The third kappa shape index (κ3) is 2.52. The molecule has 0 aromatic heterocycles. The van der Waals surface area contributed by atoms with Gasteiger partial charge in [-0.2, -0.15) is 0 Å². The number of amides is 1. The van der Waals surface area contributed by atoms with Crippen molar-refractivity contribution in [2.45, 2.75) is 25.4 Å². The molecule has 0 spiro atoms. The minimum Gasteiger partial charge on any atom is -0.508 e. The largest absolute Gasteiger partial charge is 0.508 e. The van der Waals surface area contributed by atoms with E-state index in [9.17, 15) is 9.90 Å². The van der Waals surface area contributed by atoms with Crippen molar-refractivity contribution >= 4 is 5.91 Å². The van der Waals surface area contributed by atoms with Crippen LogP contribution in [0.1, 0.15) is 24.9 Å². The van der Waals surface area contributed by atoms with Crippen LogP contribution >= 0.6 is 0 Å². The Labute approximate surface area is 94.7 Å². The summed E-state index contributed by atoms with van der Waals surface area (Å²) in [5.41, 5.74) is 1.11. The molecule has 1 aromatic carbocycles. The zero-order valence-electron chi connectivity index (χ0n) is 9.23. The lowest BCUT2D eigenvalue weighted by molar-refractivity contribution is -0.119. The SMILES string of the molecule is CC(NC1CNC(=O)C1)c1ccc(O)cc1. The molecule has 0 bridgehead atoms. The molecule has 4 heteroatoms. The third-order valence-corrected chi connectivity index (χ3v) is 2.86. The van der Waals surface area contributed by atoms with Crippen LogP contribution in [0.3, 0.4) is 0 Å². The molecule has 2 rings (SSSR count). The Balaban J connectivity index is 1.95. The van der Waals surface area contributed by atoms with E-state index in [-0.39, 0.29) is 23.7 Å². The van der Waals surface area contributed by atoms with Gasteiger partial charge in [0.2, 0.25) is 5.91 Å². The minimum absolute atomic E-state index is 0.107. The van der Waals surface area contributed by atoms with Crippen molar-refractivity contribution in [2.24, 2.45) is 0 Å². The maximum Gasteiger partial charge on any atom is 0.221 e. The summed E-state index contributed by atoms with van der Waals surface area (Å²) in [6.07, 6.45) is 0.544. The standard InChI is InChI=1S/C12H16N2O2/c1-8(9-2-4-11(15)5-3-9)14-10-6-12(16)13-7-10/h2-5,8,10,14-15H,6-7H2,1H3,(H,13,16). The number of aromatic hydroxyl groups is 1. The number of benzene rings is 1. The summed E-state index contributed by atoms with van der Waals surface area (Å²) in [6, 6.07) is 7.50. The second-order valence-corrected chi connectivity index (χ2v) is 4.19. The van der Waals surface area contributed by atoms with Crippen molar-refractivity contribution in [1.82, 2.24) is 10.6 Å². The Bertz CT molecular complexity index is 375. The van der Waals surface area contributed by atoms with Crippen LogP contribution < -0.4 is 10.6 Å². The highest BCUT2D eigenvalue weighted by molar-refractivity contribution is 5.78. The van der Waals surface area contributed by atoms with Gasteiger partial charge in [-0.15, -0.1) is 0 Å². The molecule has 0 saturated carbocycles. The summed E-state index contributed by atoms with van der Waals surface area (Å²) >= 11 is 0. The van der Waals surface area contributed by atoms with Crippen LogP contribution in [0, 0.1) is 0 Å². The van der Waals surface area contributed by atoms with E-state index in [2.05, 4.69) is 17.6 Å². The highest BCUT2D eigenvalue weighted by atomic mass is 16.3. The first kappa shape index (κ1) is 11.0. The van der Waals surface area contributed by atoms with Gasteiger partial charge in [0.05, 0.1) is 0 Å². The molecule has 1 heterocycles. The van der Waals surface area contributed by atoms with Gasteiger partial charge in [0.25, 0.3) is 0 Å². The Hall–Kier alpha value is -1.55. The molecule has 1 amide bonds. The normalized spacial score (nSPS) is 21.8. The number of hydrogen-bond donors (Lipinski definition) is 3. The molecule has 1 saturated heterocycles. The molecule has 2 atom stereocenters. The summed E-state index contributed by atoms with van der Waals surface area (Å²) < 4.78 is 0. The summed E-state index contributed by atoms with van der Waals surface area (Å²) in [5.74, 6) is 0.379. The van der Waals surface area contributed by atoms with Gasteiger partial charge < -0.3 is 15.7 Å². The average molecular weight is 220 g/mol. The van der Waals surface area contributed by atoms with Crippen LogP contribution in [0.15, 0.2) is 24.3 Å². The number of rotatable bonds is 3. The number of phenolic OH excluding ortho intramolecular Hbond substituents is 1. The Morgan fingerprint density at radius 1 is 1.44 bits per heavy atom. The topological polar surface area (TPSA) is 61.4 Å². The molecule has 0 radical (unpaired) electrons. The first-order valence-electron chi connectivity index (χ1n) is 5.47. The van der Waals surface area contributed by atoms with Crippen LogP contribution in [0.25, 0.3) is 0 Å². The van der Waals surface area contributed by atoms with Gasteiger partial charge in [0.15, 0.2) is 0 Å². The van der Waals surface area contributed by atoms with E-state index in [0.717, 1.165) is 5.56 Å². The van der Waals surface area contributed by atoms with Gasteiger partial charge >= 0.3 is 0 Å². The van der Waals surface area contributed by atoms with Crippen molar-refractivity contribution < 1.29 is 9.90 Å². The molecule has 1 aliphatic heterocycles. The minimum atomic E-state index is 0.107. The second kappa shape index (κ2) is 4.53. The zero-order chi connectivity index (χ0) is 11.5. The third-order valence-electron chi connectivity index (χ3n) is 2.86. The fraction of sp³-hybridized carbons (Fsp3) is 0.417. The highest BCUT2D eigenvalue weighted by Gasteiger charge is 2.22. The summed E-state index contributed by atoms with van der Waals surface area (Å²) in [7, 11) is 0. The quantitative estimate of drug-likeness (QED) is 0.710. The summed E-state index contributed by atoms with van der Waals surface area (Å²) in [4.78, 5) is 11.0. The molecule has 2 unspecified atom stereocenters. The van der Waals surface area contributed by atoms with E-state index in [4.69, 9.17) is 0 Å². The van der Waals surface area contributed by atoms with Crippen molar-refractivity contribution in [2.75, 3.05) is 6.54 Å². The average Bonchev–Trinajstić information content (AvgIpc) is 2.65. The van der Waals surface area contributed by atoms with Gasteiger partial charge in [0, 0.05) is 25.0 Å². The Morgan fingerprint density at radius 2 is 2.12 bits per heavy atom. The molecule has 1 fully saturated rings. The van der Waals surface area contributed by atoms with E-state index >= 15 is 0 Å². The van der Waals surface area contributed by atoms with Crippen LogP contribution in [-0.2, 0) is 4.79 Å². The number of nitrogens with one attached hydrogen (secondary N) is 2. The van der Waals surface area contributed by atoms with Crippen LogP contribution in [0.5, 0.6) is 5.75 Å². The van der Waals surface area contributed by atoms with Crippen molar-refractivity contribution in [1.29, 1.82) is 0 Å². The molecule has 3 N–H and O–H groups in total. The lowest BCUT2D eigenvalue weighted by Gasteiger charge is -2.18. The van der Waals surface area contributed by atoms with E-state index in [0.29, 0.717) is 13.0 Å². The molecule has 1 aliphatic rings. The molecule has 0 aliphatic carbocycles. The maximum absolute atomic E-state index is 11.0. The number of hydrogen-bond acceptors (Lipinski definition) is 3. The van der Waals surface area contributed by atoms with E-state index in [1.54, 1.807) is 12.1 Å². The summed E-state index contributed by atoms with van der Waals surface area (Å²) in [5, 5.41) is 15.4. The predicted octanol–water partition coefficient (Wildman–Crippen LogP) is 0.931. The molecule has 16 heavy (non-hydrogen) atoms. The van der Waals surface area contributed by atoms with Gasteiger partial charge in [-0.1, -0.05) is 12.1 Å². The van der Waals surface area contributed by atoms with Gasteiger partial charge in [-0.3, -0.25) is 4.79 Å². The van der Waals surface area contributed by atoms with Gasteiger partial charge in [-0.25, -0.2) is 0 Å². The maximum atomic E-state index is 11.0. The fourth-order valence-corrected chi connectivity index (χ4v) is 1.94. The smallest absolute Gasteiger partial charge is 0.221 e. The van der Waals surface area contributed by atoms with Crippen molar-refractivity contribution in [3.05, 3.63) is 29.8 Å². The highest BCUT2D eigenvalue weighted by Crippen LogP contribution is 2.17. The lowest BCUT2D eigenvalue weighted by Crippen LogP contribution is -2.33. The van der Waals surface area contributed by atoms with Crippen LogP contribution in [0.2, 0.25) is 0 Å². The molecular weight excluding hydrogens is 204 g/mol. The van der Waals surface area contributed by atoms with Crippen molar-refractivity contribution in [3.63, 3.8) is 0 Å². The van der Waals surface area contributed by atoms with Crippen LogP contribution in [-0.4, -0.2) is 23.6 Å². The Morgan fingerprint density at radius 3 is 2.69 bits per heavy atom. The zero-order valence-corrected chi connectivity index (χ0v) is 9.23.